The fraction of sp³-hybridized carbons (Fsp3) is 0.500. The number of nitrogens with zero attached hydrogens (tertiary/aromatic N) is 2. The van der Waals surface area contributed by atoms with Crippen molar-refractivity contribution in [1.82, 2.24) is 4.98 Å². The molecule has 2 aliphatic heterocycles. The number of ether oxygens (including phenoxy) is 1. The molecule has 0 saturated carbocycles. The van der Waals surface area contributed by atoms with Gasteiger partial charge in [0.25, 0.3) is 5.91 Å². The topological polar surface area (TPSA) is 72.9 Å². The number of nitrogens with one attached hydrogen (secondary N) is 1. The number of benzene rings is 1. The summed E-state index contributed by atoms with van der Waals surface area (Å²) >= 11 is 0. The monoisotopic (exact) mass is 491 g/mol. The highest BCUT2D eigenvalue weighted by Gasteiger charge is 2.53. The van der Waals surface area contributed by atoms with Gasteiger partial charge in [-0.1, -0.05) is 0 Å². The number of pyridine rings is 1. The van der Waals surface area contributed by atoms with Crippen LogP contribution in [0, 0.1) is 0 Å². The van der Waals surface area contributed by atoms with Gasteiger partial charge < -0.3 is 24.3 Å². The molecule has 2 fully saturated rings. The number of anilines is 2. The van der Waals surface area contributed by atoms with Crippen molar-refractivity contribution in [3.8, 4) is 5.75 Å². The van der Waals surface area contributed by atoms with Crippen LogP contribution in [-0.4, -0.2) is 54.6 Å². The maximum Gasteiger partial charge on any atom is 0.498 e. The highest BCUT2D eigenvalue weighted by atomic mass is 19.3. The third kappa shape index (κ3) is 5.56. The molecule has 4 rings (SSSR count). The lowest BCUT2D eigenvalue weighted by molar-refractivity contribution is -0.158. The van der Waals surface area contributed by atoms with E-state index in [0.29, 0.717) is 36.9 Å². The van der Waals surface area contributed by atoms with Crippen LogP contribution in [0.4, 0.5) is 24.7 Å². The van der Waals surface area contributed by atoms with E-state index >= 15 is 0 Å². The van der Waals surface area contributed by atoms with Crippen LogP contribution in [0.5, 0.6) is 5.75 Å². The van der Waals surface area contributed by atoms with E-state index in [0.717, 1.165) is 0 Å². The van der Waals surface area contributed by atoms with Crippen molar-refractivity contribution >= 4 is 30.0 Å². The molecule has 1 atom stereocenters. The smallest absolute Gasteiger partial charge is 0.433 e. The Hall–Kier alpha value is -2.79. The summed E-state index contributed by atoms with van der Waals surface area (Å²) in [6.07, 6.45) is -2.44. The summed E-state index contributed by atoms with van der Waals surface area (Å²) in [6, 6.07) is 7.24. The van der Waals surface area contributed by atoms with E-state index < -0.39 is 36.5 Å². The number of alkyl halides is 3. The summed E-state index contributed by atoms with van der Waals surface area (Å²) in [4.78, 5) is 19.3. The highest BCUT2D eigenvalue weighted by Crippen LogP contribution is 2.37. The standard InChI is InChI=1S/C24H29BF3N3O4/c1-22(2)23(3,4)35-25(34-22)19-12-15(13-29-20(19)31-11-10-16(26)14-31)21(32)30-17-6-8-18(9-7-17)33-24(5,27)28/h6-9,12-13,16H,10-11,14H2,1-5H3,(H,30,32)/t16-/m1/s1. The van der Waals surface area contributed by atoms with E-state index in [4.69, 9.17) is 9.31 Å². The van der Waals surface area contributed by atoms with Crippen molar-refractivity contribution in [2.45, 2.75) is 64.5 Å². The molecular weight excluding hydrogens is 462 g/mol. The summed E-state index contributed by atoms with van der Waals surface area (Å²) in [5, 5.41) is 2.72. The predicted molar refractivity (Wildman–Crippen MR) is 127 cm³/mol. The molecule has 188 valence electrons. The van der Waals surface area contributed by atoms with Gasteiger partial charge in [0, 0.05) is 30.8 Å². The van der Waals surface area contributed by atoms with E-state index in [1.165, 1.54) is 30.5 Å². The van der Waals surface area contributed by atoms with Gasteiger partial charge in [-0.3, -0.25) is 4.79 Å². The average molecular weight is 491 g/mol. The molecule has 7 nitrogen and oxygen atoms in total. The number of halogens is 3. The molecule has 2 saturated heterocycles. The van der Waals surface area contributed by atoms with E-state index in [2.05, 4.69) is 15.0 Å². The molecule has 1 aromatic carbocycles. The number of amides is 1. The molecule has 0 bridgehead atoms. The lowest BCUT2D eigenvalue weighted by Crippen LogP contribution is -2.41. The van der Waals surface area contributed by atoms with Gasteiger partial charge in [-0.25, -0.2) is 9.37 Å². The molecule has 1 amide bonds. The molecule has 1 N–H and O–H groups in total. The lowest BCUT2D eigenvalue weighted by atomic mass is 9.78. The maximum absolute atomic E-state index is 13.9. The number of hydrogen-bond donors (Lipinski definition) is 1. The minimum absolute atomic E-state index is 0.0265. The van der Waals surface area contributed by atoms with Gasteiger partial charge >= 0.3 is 13.2 Å². The molecule has 0 unspecified atom stereocenters. The van der Waals surface area contributed by atoms with Crippen molar-refractivity contribution in [3.05, 3.63) is 42.1 Å². The van der Waals surface area contributed by atoms with Gasteiger partial charge in [-0.05, 0) is 64.4 Å². The van der Waals surface area contributed by atoms with Crippen LogP contribution in [0.15, 0.2) is 36.5 Å². The Bertz CT molecular complexity index is 1080. The molecule has 0 aliphatic carbocycles. The summed E-state index contributed by atoms with van der Waals surface area (Å²) < 4.78 is 56.9. The lowest BCUT2D eigenvalue weighted by Gasteiger charge is -2.32. The Morgan fingerprint density at radius 1 is 1.20 bits per heavy atom. The van der Waals surface area contributed by atoms with E-state index in [-0.39, 0.29) is 17.9 Å². The number of rotatable bonds is 6. The highest BCUT2D eigenvalue weighted by molar-refractivity contribution is 6.64. The first kappa shape index (κ1) is 25.3. The minimum Gasteiger partial charge on any atom is -0.433 e. The third-order valence-electron chi connectivity index (χ3n) is 6.50. The summed E-state index contributed by atoms with van der Waals surface area (Å²) in [5.41, 5.74) is -0.0445. The van der Waals surface area contributed by atoms with Crippen molar-refractivity contribution < 1.29 is 32.0 Å². The van der Waals surface area contributed by atoms with Crippen LogP contribution in [0.1, 0.15) is 51.4 Å². The molecule has 2 aliphatic rings. The maximum atomic E-state index is 13.9. The Morgan fingerprint density at radius 2 is 1.83 bits per heavy atom. The van der Waals surface area contributed by atoms with Gasteiger partial charge in [0.05, 0.1) is 23.3 Å². The van der Waals surface area contributed by atoms with Crippen LogP contribution in [0.25, 0.3) is 0 Å². The van der Waals surface area contributed by atoms with Gasteiger partial charge in [0.1, 0.15) is 17.7 Å². The van der Waals surface area contributed by atoms with Crippen LogP contribution in [0.2, 0.25) is 0 Å². The number of carbonyl (C=O) groups is 1. The molecule has 11 heteroatoms. The zero-order chi connectivity index (χ0) is 25.6. The normalized spacial score (nSPS) is 21.3. The molecule has 1 aromatic heterocycles. The van der Waals surface area contributed by atoms with E-state index in [9.17, 15) is 18.0 Å². The van der Waals surface area contributed by atoms with Gasteiger partial charge in [0.15, 0.2) is 0 Å². The molecule has 35 heavy (non-hydrogen) atoms. The van der Waals surface area contributed by atoms with Crippen LogP contribution < -0.4 is 20.4 Å². The number of carbonyl (C=O) groups excluding carboxylic acids is 1. The average Bonchev–Trinajstić information content (AvgIpc) is 3.27. The van der Waals surface area contributed by atoms with Gasteiger partial charge in [-0.2, -0.15) is 8.78 Å². The zero-order valence-electron chi connectivity index (χ0n) is 20.4. The number of hydrogen-bond acceptors (Lipinski definition) is 6. The Kier molecular flexibility index (Phi) is 6.52. The Balaban J connectivity index is 1.59. The van der Waals surface area contributed by atoms with E-state index in [1.54, 1.807) is 6.07 Å². The van der Waals surface area contributed by atoms with Crippen LogP contribution in [-0.2, 0) is 9.31 Å². The fourth-order valence-corrected chi connectivity index (χ4v) is 3.93. The second-order valence-corrected chi connectivity index (χ2v) is 9.95. The minimum atomic E-state index is -3.31. The SMILES string of the molecule is CC(F)(F)Oc1ccc(NC(=O)c2cnc(N3CC[C@@H](F)C3)c(B3OC(C)(C)C(C)(C)O3)c2)cc1. The van der Waals surface area contributed by atoms with Crippen molar-refractivity contribution in [2.75, 3.05) is 23.3 Å². The van der Waals surface area contributed by atoms with Crippen molar-refractivity contribution in [3.63, 3.8) is 0 Å². The first-order valence-corrected chi connectivity index (χ1v) is 11.5. The second-order valence-electron chi connectivity index (χ2n) is 9.95. The summed E-state index contributed by atoms with van der Waals surface area (Å²) in [5.74, 6) is 0.0321. The predicted octanol–water partition coefficient (Wildman–Crippen LogP) is 4.17. The first-order chi connectivity index (χ1) is 16.2. The largest absolute Gasteiger partial charge is 0.498 e. The van der Waals surface area contributed by atoms with Gasteiger partial charge in [-0.15, -0.1) is 0 Å². The molecule has 0 radical (unpaired) electrons. The summed E-state index contributed by atoms with van der Waals surface area (Å²) in [7, 11) is -0.791. The fourth-order valence-electron chi connectivity index (χ4n) is 3.93. The summed E-state index contributed by atoms with van der Waals surface area (Å²) in [6.45, 7) is 9.04. The van der Waals surface area contributed by atoms with Gasteiger partial charge in [0.2, 0.25) is 0 Å². The zero-order valence-corrected chi connectivity index (χ0v) is 20.4. The van der Waals surface area contributed by atoms with Crippen molar-refractivity contribution in [2.24, 2.45) is 0 Å². The molecular formula is C24H29BF3N3O4. The van der Waals surface area contributed by atoms with Crippen LogP contribution >= 0.6 is 0 Å². The Labute approximate surface area is 203 Å². The molecule has 0 spiro atoms. The molecule has 2 aromatic rings. The van der Waals surface area contributed by atoms with Crippen LogP contribution in [0.3, 0.4) is 0 Å². The number of aromatic nitrogens is 1. The van der Waals surface area contributed by atoms with Crippen molar-refractivity contribution in [1.29, 1.82) is 0 Å². The van der Waals surface area contributed by atoms with E-state index in [1.807, 2.05) is 32.6 Å². The molecule has 3 heterocycles. The Morgan fingerprint density at radius 3 is 2.37 bits per heavy atom. The quantitative estimate of drug-likeness (QED) is 0.612. The second kappa shape index (κ2) is 9.02. The first-order valence-electron chi connectivity index (χ1n) is 11.5. The third-order valence-corrected chi connectivity index (χ3v) is 6.50.